The van der Waals surface area contributed by atoms with Crippen LogP contribution >= 0.6 is 0 Å². The van der Waals surface area contributed by atoms with Gasteiger partial charge >= 0.3 is 6.16 Å². The molecule has 2 unspecified atom stereocenters. The number of carbonyl (C=O) groups is 1. The fraction of sp³-hybridized carbons (Fsp3) is 0.606. The van der Waals surface area contributed by atoms with Crippen molar-refractivity contribution in [3.8, 4) is 0 Å². The van der Waals surface area contributed by atoms with Gasteiger partial charge in [0.2, 0.25) is 0 Å². The Morgan fingerprint density at radius 2 is 0.944 bits per heavy atom. The highest BCUT2D eigenvalue weighted by atomic mass is 16.7. The second-order valence-corrected chi connectivity index (χ2v) is 10.1. The normalized spacial score (nSPS) is 12.7. The van der Waals surface area contributed by atoms with Crippen molar-refractivity contribution >= 4 is 6.16 Å². The summed E-state index contributed by atoms with van der Waals surface area (Å²) in [6.45, 7) is 5.32. The Bertz CT molecular complexity index is 709. The Kier molecular flexibility index (Phi) is 16.5. The first-order valence-corrected chi connectivity index (χ1v) is 14.6. The summed E-state index contributed by atoms with van der Waals surface area (Å²) in [6, 6.07) is 21.3. The van der Waals surface area contributed by atoms with E-state index in [2.05, 4.69) is 74.5 Å². The van der Waals surface area contributed by atoms with Crippen LogP contribution in [0.2, 0.25) is 0 Å². The summed E-state index contributed by atoms with van der Waals surface area (Å²) in [5.41, 5.74) is 2.68. The van der Waals surface area contributed by atoms with Crippen LogP contribution < -0.4 is 0 Å². The van der Waals surface area contributed by atoms with Gasteiger partial charge in [-0.15, -0.1) is 0 Å². The predicted molar refractivity (Wildman–Crippen MR) is 152 cm³/mol. The quantitative estimate of drug-likeness (QED) is 0.136. The molecule has 0 aliphatic carbocycles. The molecule has 200 valence electrons. The third-order valence-electron chi connectivity index (χ3n) is 7.23. The van der Waals surface area contributed by atoms with E-state index in [1.165, 1.54) is 75.3 Å². The SMILES string of the molecule is CCCCCCCC(CCOC(=O)OCCC(CCCCCCC)c1ccccc1)c1ccccc1. The Balaban J connectivity index is 1.73. The molecule has 0 bridgehead atoms. The lowest BCUT2D eigenvalue weighted by Crippen LogP contribution is -2.13. The monoisotopic (exact) mass is 494 g/mol. The minimum atomic E-state index is -0.528. The molecule has 2 atom stereocenters. The van der Waals surface area contributed by atoms with Gasteiger partial charge in [0.15, 0.2) is 0 Å². The summed E-state index contributed by atoms with van der Waals surface area (Å²) in [5.74, 6) is 0.853. The molecular weight excluding hydrogens is 444 g/mol. The smallest absolute Gasteiger partial charge is 0.434 e. The molecule has 2 aromatic rings. The minimum Gasteiger partial charge on any atom is -0.434 e. The van der Waals surface area contributed by atoms with E-state index in [0.717, 1.165) is 25.7 Å². The van der Waals surface area contributed by atoms with Gasteiger partial charge in [-0.2, -0.15) is 0 Å². The molecule has 3 nitrogen and oxygen atoms in total. The van der Waals surface area contributed by atoms with Gasteiger partial charge in [-0.05, 0) is 48.6 Å². The lowest BCUT2D eigenvalue weighted by molar-refractivity contribution is 0.0508. The van der Waals surface area contributed by atoms with Crippen LogP contribution in [0.4, 0.5) is 4.79 Å². The maximum atomic E-state index is 12.3. The van der Waals surface area contributed by atoms with Crippen molar-refractivity contribution in [1.29, 1.82) is 0 Å². The second kappa shape index (κ2) is 19.8. The third-order valence-corrected chi connectivity index (χ3v) is 7.23. The predicted octanol–water partition coefficient (Wildman–Crippen LogP) is 10.2. The lowest BCUT2D eigenvalue weighted by Gasteiger charge is -2.19. The molecule has 2 rings (SSSR count). The molecule has 0 saturated carbocycles. The molecule has 2 aromatic carbocycles. The molecule has 0 heterocycles. The van der Waals surface area contributed by atoms with Gasteiger partial charge in [-0.1, -0.05) is 139 Å². The maximum Gasteiger partial charge on any atom is 0.508 e. The van der Waals surface area contributed by atoms with Gasteiger partial charge in [0.1, 0.15) is 0 Å². The zero-order valence-corrected chi connectivity index (χ0v) is 23.0. The maximum absolute atomic E-state index is 12.3. The fourth-order valence-corrected chi connectivity index (χ4v) is 5.01. The average Bonchev–Trinajstić information content (AvgIpc) is 2.92. The van der Waals surface area contributed by atoms with Gasteiger partial charge in [0.05, 0.1) is 13.2 Å². The van der Waals surface area contributed by atoms with E-state index >= 15 is 0 Å². The van der Waals surface area contributed by atoms with Crippen LogP contribution in [0.15, 0.2) is 60.7 Å². The van der Waals surface area contributed by atoms with Gasteiger partial charge in [-0.3, -0.25) is 0 Å². The second-order valence-electron chi connectivity index (χ2n) is 10.1. The molecule has 0 saturated heterocycles. The Morgan fingerprint density at radius 3 is 1.33 bits per heavy atom. The number of carbonyl (C=O) groups excluding carboxylic acids is 1. The highest BCUT2D eigenvalue weighted by molar-refractivity contribution is 5.59. The van der Waals surface area contributed by atoms with Crippen molar-refractivity contribution < 1.29 is 14.3 Å². The van der Waals surface area contributed by atoms with Crippen molar-refractivity contribution in [3.63, 3.8) is 0 Å². The molecule has 0 aliphatic rings. The summed E-state index contributed by atoms with van der Waals surface area (Å²) in [6.07, 6.45) is 16.2. The molecule has 0 fully saturated rings. The van der Waals surface area contributed by atoms with Crippen molar-refractivity contribution in [1.82, 2.24) is 0 Å². The molecule has 0 radical (unpaired) electrons. The Morgan fingerprint density at radius 1 is 0.556 bits per heavy atom. The molecule has 3 heteroatoms. The topological polar surface area (TPSA) is 35.5 Å². The Labute approximate surface area is 221 Å². The molecule has 0 spiro atoms. The summed E-state index contributed by atoms with van der Waals surface area (Å²) < 4.78 is 11.0. The standard InChI is InChI=1S/C33H50O3/c1-3-5-7-9-13-23-31(29-19-15-11-16-20-29)25-27-35-33(34)36-28-26-32(24-14-10-8-6-4-2)30-21-17-12-18-22-30/h11-12,15-22,31-32H,3-10,13-14,23-28H2,1-2H3. The number of unbranched alkanes of at least 4 members (excludes halogenated alkanes) is 8. The highest BCUT2D eigenvalue weighted by Crippen LogP contribution is 2.27. The van der Waals surface area contributed by atoms with Crippen molar-refractivity contribution in [3.05, 3.63) is 71.8 Å². The average molecular weight is 495 g/mol. The Hall–Kier alpha value is -2.29. The van der Waals surface area contributed by atoms with Crippen LogP contribution in [0.25, 0.3) is 0 Å². The van der Waals surface area contributed by atoms with E-state index in [-0.39, 0.29) is 0 Å². The molecule has 36 heavy (non-hydrogen) atoms. The molecular formula is C33H50O3. The van der Waals surface area contributed by atoms with Crippen molar-refractivity contribution in [2.24, 2.45) is 0 Å². The summed E-state index contributed by atoms with van der Waals surface area (Å²) in [7, 11) is 0. The van der Waals surface area contributed by atoms with Gasteiger partial charge in [-0.25, -0.2) is 4.79 Å². The molecule has 0 amide bonds. The van der Waals surface area contributed by atoms with E-state index in [1.54, 1.807) is 0 Å². The van der Waals surface area contributed by atoms with E-state index in [4.69, 9.17) is 9.47 Å². The fourth-order valence-electron chi connectivity index (χ4n) is 5.01. The zero-order chi connectivity index (χ0) is 25.7. The van der Waals surface area contributed by atoms with Crippen LogP contribution in [0.3, 0.4) is 0 Å². The van der Waals surface area contributed by atoms with E-state index in [1.807, 2.05) is 0 Å². The number of ether oxygens (including phenoxy) is 2. The van der Waals surface area contributed by atoms with Crippen molar-refractivity contribution in [2.75, 3.05) is 13.2 Å². The van der Waals surface area contributed by atoms with Crippen LogP contribution in [0.1, 0.15) is 127 Å². The van der Waals surface area contributed by atoms with Crippen LogP contribution in [-0.2, 0) is 9.47 Å². The number of hydrogen-bond acceptors (Lipinski definition) is 3. The largest absolute Gasteiger partial charge is 0.508 e. The number of hydrogen-bond donors (Lipinski definition) is 0. The number of benzene rings is 2. The van der Waals surface area contributed by atoms with Crippen LogP contribution in [0, 0.1) is 0 Å². The van der Waals surface area contributed by atoms with Gasteiger partial charge < -0.3 is 9.47 Å². The van der Waals surface area contributed by atoms with E-state index < -0.39 is 6.16 Å². The van der Waals surface area contributed by atoms with Crippen LogP contribution in [0.5, 0.6) is 0 Å². The minimum absolute atomic E-state index is 0.410. The van der Waals surface area contributed by atoms with Crippen molar-refractivity contribution in [2.45, 2.75) is 116 Å². The zero-order valence-electron chi connectivity index (χ0n) is 23.0. The van der Waals surface area contributed by atoms with Crippen LogP contribution in [-0.4, -0.2) is 19.4 Å². The summed E-state index contributed by atoms with van der Waals surface area (Å²) in [5, 5.41) is 0. The molecule has 0 aliphatic heterocycles. The first-order chi connectivity index (χ1) is 17.7. The molecule has 0 N–H and O–H groups in total. The highest BCUT2D eigenvalue weighted by Gasteiger charge is 2.15. The number of rotatable bonds is 20. The molecule has 0 aromatic heterocycles. The first kappa shape index (κ1) is 29.9. The first-order valence-electron chi connectivity index (χ1n) is 14.6. The summed E-state index contributed by atoms with van der Waals surface area (Å²) in [4.78, 5) is 12.3. The van der Waals surface area contributed by atoms with E-state index in [9.17, 15) is 4.79 Å². The lowest BCUT2D eigenvalue weighted by atomic mass is 9.90. The third kappa shape index (κ3) is 13.1. The van der Waals surface area contributed by atoms with Gasteiger partial charge in [0, 0.05) is 0 Å². The summed E-state index contributed by atoms with van der Waals surface area (Å²) >= 11 is 0. The van der Waals surface area contributed by atoms with E-state index in [0.29, 0.717) is 25.0 Å². The van der Waals surface area contributed by atoms with Gasteiger partial charge in [0.25, 0.3) is 0 Å².